The SMILES string of the molecule is O=C(O)CC(NC(=O)OCC1c2ccccc2-c2ccccc21)C(=O)N[C@@H]1CONC1=O. The molecule has 0 spiro atoms. The number of carboxylic acids is 1. The third-order valence-corrected chi connectivity index (χ3v) is 5.39. The second-order valence-electron chi connectivity index (χ2n) is 7.46. The molecule has 1 heterocycles. The fourth-order valence-corrected chi connectivity index (χ4v) is 3.89. The van der Waals surface area contributed by atoms with Crippen molar-refractivity contribution >= 4 is 23.9 Å². The Morgan fingerprint density at radius 3 is 2.28 bits per heavy atom. The van der Waals surface area contributed by atoms with Crippen molar-refractivity contribution in [1.29, 1.82) is 0 Å². The number of fused-ring (bicyclic) bond motifs is 3. The van der Waals surface area contributed by atoms with Gasteiger partial charge in [0.1, 0.15) is 25.3 Å². The number of hydrogen-bond donors (Lipinski definition) is 4. The van der Waals surface area contributed by atoms with Crippen LogP contribution in [0.25, 0.3) is 11.1 Å². The lowest BCUT2D eigenvalue weighted by Gasteiger charge is -2.19. The van der Waals surface area contributed by atoms with E-state index in [-0.39, 0.29) is 19.1 Å². The van der Waals surface area contributed by atoms with Crippen LogP contribution in [0.1, 0.15) is 23.5 Å². The highest BCUT2D eigenvalue weighted by molar-refractivity contribution is 5.93. The molecular weight excluding hydrogens is 418 g/mol. The lowest BCUT2D eigenvalue weighted by molar-refractivity contribution is -0.140. The van der Waals surface area contributed by atoms with Crippen LogP contribution in [0, 0.1) is 0 Å². The Morgan fingerprint density at radius 2 is 1.72 bits per heavy atom. The molecule has 4 rings (SSSR count). The summed E-state index contributed by atoms with van der Waals surface area (Å²) in [6, 6.07) is 13.3. The fourth-order valence-electron chi connectivity index (χ4n) is 3.89. The van der Waals surface area contributed by atoms with Gasteiger partial charge in [0.25, 0.3) is 5.91 Å². The molecule has 10 nitrogen and oxygen atoms in total. The molecule has 1 fully saturated rings. The molecule has 4 N–H and O–H groups in total. The van der Waals surface area contributed by atoms with Gasteiger partial charge in [-0.1, -0.05) is 48.5 Å². The van der Waals surface area contributed by atoms with Crippen LogP contribution in [-0.2, 0) is 24.0 Å². The number of carboxylic acid groups (broad SMARTS) is 1. The van der Waals surface area contributed by atoms with Gasteiger partial charge in [-0.3, -0.25) is 19.2 Å². The quantitative estimate of drug-likeness (QED) is 0.502. The van der Waals surface area contributed by atoms with Crippen molar-refractivity contribution < 1.29 is 33.9 Å². The molecule has 1 saturated heterocycles. The molecule has 2 atom stereocenters. The number of hydroxylamine groups is 1. The molecule has 0 bridgehead atoms. The summed E-state index contributed by atoms with van der Waals surface area (Å²) < 4.78 is 5.37. The van der Waals surface area contributed by atoms with E-state index in [0.29, 0.717) is 0 Å². The summed E-state index contributed by atoms with van der Waals surface area (Å²) in [4.78, 5) is 52.3. The van der Waals surface area contributed by atoms with E-state index in [1.54, 1.807) is 0 Å². The van der Waals surface area contributed by atoms with Crippen molar-refractivity contribution in [2.45, 2.75) is 24.4 Å². The normalized spacial score (nSPS) is 17.6. The Bertz CT molecular complexity index is 1030. The minimum atomic E-state index is -1.42. The number of nitrogens with one attached hydrogen (secondary N) is 3. The number of alkyl carbamates (subject to hydrolysis) is 1. The van der Waals surface area contributed by atoms with E-state index in [0.717, 1.165) is 22.3 Å². The summed E-state index contributed by atoms with van der Waals surface area (Å²) in [5.41, 5.74) is 6.26. The molecule has 2 aromatic carbocycles. The molecular formula is C22H21N3O7. The number of hydrogen-bond acceptors (Lipinski definition) is 6. The van der Waals surface area contributed by atoms with Crippen LogP contribution < -0.4 is 16.1 Å². The molecule has 32 heavy (non-hydrogen) atoms. The van der Waals surface area contributed by atoms with Gasteiger partial charge in [-0.15, -0.1) is 0 Å². The summed E-state index contributed by atoms with van der Waals surface area (Å²) >= 11 is 0. The number of rotatable bonds is 7. The third kappa shape index (κ3) is 4.40. The topological polar surface area (TPSA) is 143 Å². The lowest BCUT2D eigenvalue weighted by atomic mass is 9.98. The summed E-state index contributed by atoms with van der Waals surface area (Å²) in [7, 11) is 0. The largest absolute Gasteiger partial charge is 0.481 e. The van der Waals surface area contributed by atoms with E-state index in [9.17, 15) is 19.2 Å². The zero-order valence-electron chi connectivity index (χ0n) is 16.9. The minimum absolute atomic E-state index is 0.0140. The van der Waals surface area contributed by atoms with Crippen LogP contribution in [0.4, 0.5) is 4.79 Å². The van der Waals surface area contributed by atoms with Gasteiger partial charge in [-0.05, 0) is 22.3 Å². The van der Waals surface area contributed by atoms with Crippen LogP contribution in [0.5, 0.6) is 0 Å². The number of carbonyl (C=O) groups is 4. The maximum atomic E-state index is 12.4. The minimum Gasteiger partial charge on any atom is -0.481 e. The van der Waals surface area contributed by atoms with Crippen molar-refractivity contribution in [1.82, 2.24) is 16.1 Å². The molecule has 1 aliphatic carbocycles. The fraction of sp³-hybridized carbons (Fsp3) is 0.273. The van der Waals surface area contributed by atoms with Crippen LogP contribution in [0.15, 0.2) is 48.5 Å². The summed E-state index contributed by atoms with van der Waals surface area (Å²) in [6.45, 7) is -0.0878. The van der Waals surface area contributed by atoms with E-state index in [1.165, 1.54) is 0 Å². The predicted molar refractivity (Wildman–Crippen MR) is 110 cm³/mol. The second-order valence-corrected chi connectivity index (χ2v) is 7.46. The molecule has 0 radical (unpaired) electrons. The Kier molecular flexibility index (Phi) is 6.04. The van der Waals surface area contributed by atoms with Crippen molar-refractivity contribution in [2.24, 2.45) is 0 Å². The summed E-state index contributed by atoms with van der Waals surface area (Å²) in [5.74, 6) is -2.87. The van der Waals surface area contributed by atoms with Gasteiger partial charge in [0.05, 0.1) is 6.42 Å². The molecule has 166 valence electrons. The Balaban J connectivity index is 1.41. The van der Waals surface area contributed by atoms with E-state index in [4.69, 9.17) is 14.7 Å². The van der Waals surface area contributed by atoms with Crippen molar-refractivity contribution in [3.63, 3.8) is 0 Å². The first kappa shape index (κ1) is 21.3. The number of amides is 3. The van der Waals surface area contributed by atoms with Gasteiger partial charge in [-0.25, -0.2) is 10.3 Å². The van der Waals surface area contributed by atoms with Gasteiger partial charge in [0.15, 0.2) is 0 Å². The van der Waals surface area contributed by atoms with Crippen LogP contribution in [-0.4, -0.2) is 54.3 Å². The average molecular weight is 439 g/mol. The highest BCUT2D eigenvalue weighted by atomic mass is 16.7. The molecule has 10 heteroatoms. The van der Waals surface area contributed by atoms with Crippen LogP contribution in [0.3, 0.4) is 0 Å². The van der Waals surface area contributed by atoms with E-state index in [1.807, 2.05) is 48.5 Å². The summed E-state index contributed by atoms with van der Waals surface area (Å²) in [5, 5.41) is 13.7. The maximum absolute atomic E-state index is 12.4. The van der Waals surface area contributed by atoms with Gasteiger partial charge in [-0.2, -0.15) is 0 Å². The Hall–Kier alpha value is -3.92. The van der Waals surface area contributed by atoms with Gasteiger partial charge >= 0.3 is 12.1 Å². The van der Waals surface area contributed by atoms with E-state index in [2.05, 4.69) is 16.1 Å². The maximum Gasteiger partial charge on any atom is 0.407 e. The smallest absolute Gasteiger partial charge is 0.407 e. The molecule has 0 aromatic heterocycles. The van der Waals surface area contributed by atoms with Crippen molar-refractivity contribution in [2.75, 3.05) is 13.2 Å². The zero-order chi connectivity index (χ0) is 22.7. The van der Waals surface area contributed by atoms with E-state index >= 15 is 0 Å². The third-order valence-electron chi connectivity index (χ3n) is 5.39. The number of aliphatic carboxylic acids is 1. The molecule has 1 unspecified atom stereocenters. The number of ether oxygens (including phenoxy) is 1. The molecule has 1 aliphatic heterocycles. The van der Waals surface area contributed by atoms with Gasteiger partial charge in [0.2, 0.25) is 5.91 Å². The van der Waals surface area contributed by atoms with E-state index < -0.39 is 42.4 Å². The van der Waals surface area contributed by atoms with Gasteiger partial charge in [0, 0.05) is 5.92 Å². The molecule has 0 saturated carbocycles. The number of benzene rings is 2. The predicted octanol–water partition coefficient (Wildman–Crippen LogP) is 0.915. The second kappa shape index (κ2) is 9.06. The Morgan fingerprint density at radius 1 is 1.09 bits per heavy atom. The van der Waals surface area contributed by atoms with Crippen molar-refractivity contribution in [3.05, 3.63) is 59.7 Å². The first-order valence-corrected chi connectivity index (χ1v) is 9.99. The average Bonchev–Trinajstić information content (AvgIpc) is 3.32. The van der Waals surface area contributed by atoms with Gasteiger partial charge < -0.3 is 20.5 Å². The van der Waals surface area contributed by atoms with Crippen LogP contribution in [0.2, 0.25) is 0 Å². The monoisotopic (exact) mass is 439 g/mol. The number of carbonyl (C=O) groups excluding carboxylic acids is 3. The van der Waals surface area contributed by atoms with Crippen LogP contribution >= 0.6 is 0 Å². The molecule has 3 amide bonds. The summed E-state index contributed by atoms with van der Waals surface area (Å²) in [6.07, 6.45) is -1.61. The lowest BCUT2D eigenvalue weighted by Crippen LogP contribution is -2.52. The first-order chi connectivity index (χ1) is 15.4. The Labute approximate surface area is 182 Å². The highest BCUT2D eigenvalue weighted by Gasteiger charge is 2.33. The molecule has 2 aromatic rings. The first-order valence-electron chi connectivity index (χ1n) is 9.99. The highest BCUT2D eigenvalue weighted by Crippen LogP contribution is 2.44. The van der Waals surface area contributed by atoms with Crippen molar-refractivity contribution in [3.8, 4) is 11.1 Å². The molecule has 2 aliphatic rings. The standard InChI is InChI=1S/C22H21N3O7/c26-19(27)9-17(20(28)23-18-11-32-25-21(18)29)24-22(30)31-10-16-14-7-3-1-5-12(14)13-6-2-4-8-15(13)16/h1-8,16-18H,9-11H2,(H,23,28)(H,24,30)(H,25,29)(H,26,27)/t17?,18-/m1/s1. The zero-order valence-corrected chi connectivity index (χ0v) is 16.9.